The number of fused-ring (bicyclic) bond motifs is 1. The quantitative estimate of drug-likeness (QED) is 0.815. The molecule has 1 aliphatic heterocycles. The van der Waals surface area contributed by atoms with Crippen molar-refractivity contribution >= 4 is 16.8 Å². The van der Waals surface area contributed by atoms with Gasteiger partial charge in [-0.05, 0) is 19.4 Å². The lowest BCUT2D eigenvalue weighted by molar-refractivity contribution is 0.456. The first-order chi connectivity index (χ1) is 7.92. The molecule has 16 heavy (non-hydrogen) atoms. The van der Waals surface area contributed by atoms with Crippen LogP contribution < -0.4 is 10.6 Å². The summed E-state index contributed by atoms with van der Waals surface area (Å²) >= 11 is 0. The van der Waals surface area contributed by atoms with Crippen LogP contribution in [0.1, 0.15) is 12.8 Å². The number of aromatic nitrogens is 2. The zero-order valence-corrected chi connectivity index (χ0v) is 8.94. The zero-order valence-electron chi connectivity index (χ0n) is 8.94. The molecule has 2 N–H and O–H groups in total. The Morgan fingerprint density at radius 3 is 3.38 bits per heavy atom. The standard InChI is InChI=1S/C11H14N4O/c1-2-9(12-3-1)7-14-11-4-10-8(5-13-11)6-15-16-10/h4-6,9,12H,1-3,7H2,(H,13,14). The molecule has 0 aromatic carbocycles. The highest BCUT2D eigenvalue weighted by Crippen LogP contribution is 2.16. The summed E-state index contributed by atoms with van der Waals surface area (Å²) in [6, 6.07) is 2.45. The number of nitrogens with one attached hydrogen (secondary N) is 2. The molecule has 0 radical (unpaired) electrons. The van der Waals surface area contributed by atoms with Crippen LogP contribution in [0.5, 0.6) is 0 Å². The lowest BCUT2D eigenvalue weighted by atomic mass is 10.2. The second-order valence-electron chi connectivity index (χ2n) is 4.11. The molecule has 84 valence electrons. The van der Waals surface area contributed by atoms with Gasteiger partial charge < -0.3 is 15.2 Å². The summed E-state index contributed by atoms with van der Waals surface area (Å²) in [5, 5.41) is 11.4. The molecule has 1 aliphatic rings. The van der Waals surface area contributed by atoms with E-state index < -0.39 is 0 Å². The van der Waals surface area contributed by atoms with E-state index in [0.717, 1.165) is 29.9 Å². The number of pyridine rings is 1. The van der Waals surface area contributed by atoms with Crippen LogP contribution in [-0.4, -0.2) is 29.3 Å². The van der Waals surface area contributed by atoms with Gasteiger partial charge >= 0.3 is 0 Å². The van der Waals surface area contributed by atoms with Gasteiger partial charge in [-0.2, -0.15) is 0 Å². The van der Waals surface area contributed by atoms with Gasteiger partial charge in [0.1, 0.15) is 5.82 Å². The number of hydrogen-bond acceptors (Lipinski definition) is 5. The molecule has 2 aromatic heterocycles. The largest absolute Gasteiger partial charge is 0.368 e. The topological polar surface area (TPSA) is 63.0 Å². The molecule has 1 saturated heterocycles. The normalized spacial score (nSPS) is 20.4. The van der Waals surface area contributed by atoms with E-state index in [-0.39, 0.29) is 0 Å². The lowest BCUT2D eigenvalue weighted by Gasteiger charge is -2.11. The average Bonchev–Trinajstić information content (AvgIpc) is 2.97. The van der Waals surface area contributed by atoms with Gasteiger partial charge in [-0.25, -0.2) is 4.98 Å². The van der Waals surface area contributed by atoms with Crippen molar-refractivity contribution in [2.45, 2.75) is 18.9 Å². The molecule has 1 fully saturated rings. The van der Waals surface area contributed by atoms with Gasteiger partial charge in [-0.1, -0.05) is 5.16 Å². The summed E-state index contributed by atoms with van der Waals surface area (Å²) in [6.45, 7) is 2.04. The summed E-state index contributed by atoms with van der Waals surface area (Å²) in [4.78, 5) is 4.30. The molecule has 0 bridgehead atoms. The van der Waals surface area contributed by atoms with E-state index in [1.807, 2.05) is 6.07 Å². The van der Waals surface area contributed by atoms with Crippen LogP contribution in [0.2, 0.25) is 0 Å². The van der Waals surface area contributed by atoms with Gasteiger partial charge in [0.25, 0.3) is 0 Å². The Hall–Kier alpha value is -1.62. The highest BCUT2D eigenvalue weighted by molar-refractivity contribution is 5.77. The van der Waals surface area contributed by atoms with Crippen LogP contribution in [0.25, 0.3) is 11.0 Å². The molecule has 0 saturated carbocycles. The van der Waals surface area contributed by atoms with Gasteiger partial charge in [-0.3, -0.25) is 0 Å². The Balaban J connectivity index is 1.68. The van der Waals surface area contributed by atoms with Crippen molar-refractivity contribution in [3.05, 3.63) is 18.5 Å². The fraction of sp³-hybridized carbons (Fsp3) is 0.455. The third-order valence-corrected chi connectivity index (χ3v) is 2.93. The third kappa shape index (κ3) is 1.86. The SMILES string of the molecule is c1noc2cc(NCC3CCCN3)ncc12. The summed E-state index contributed by atoms with van der Waals surface area (Å²) in [7, 11) is 0. The van der Waals surface area contributed by atoms with Crippen molar-refractivity contribution in [1.82, 2.24) is 15.5 Å². The fourth-order valence-electron chi connectivity index (χ4n) is 2.02. The van der Waals surface area contributed by atoms with E-state index in [2.05, 4.69) is 20.8 Å². The van der Waals surface area contributed by atoms with Gasteiger partial charge in [0, 0.05) is 24.8 Å². The Morgan fingerprint density at radius 2 is 2.50 bits per heavy atom. The fourth-order valence-corrected chi connectivity index (χ4v) is 2.02. The van der Waals surface area contributed by atoms with Crippen molar-refractivity contribution in [3.63, 3.8) is 0 Å². The highest BCUT2D eigenvalue weighted by Gasteiger charge is 2.13. The van der Waals surface area contributed by atoms with Crippen LogP contribution in [-0.2, 0) is 0 Å². The molecular formula is C11H14N4O. The molecule has 0 spiro atoms. The van der Waals surface area contributed by atoms with Crippen molar-refractivity contribution in [2.75, 3.05) is 18.4 Å². The number of rotatable bonds is 3. The second kappa shape index (κ2) is 4.09. The predicted octanol–water partition coefficient (Wildman–Crippen LogP) is 1.39. The van der Waals surface area contributed by atoms with Crippen LogP contribution in [0.3, 0.4) is 0 Å². The van der Waals surface area contributed by atoms with Gasteiger partial charge in [0.2, 0.25) is 0 Å². The number of nitrogens with zero attached hydrogens (tertiary/aromatic N) is 2. The van der Waals surface area contributed by atoms with E-state index in [0.29, 0.717) is 6.04 Å². The van der Waals surface area contributed by atoms with E-state index in [1.54, 1.807) is 12.4 Å². The van der Waals surface area contributed by atoms with Crippen molar-refractivity contribution in [2.24, 2.45) is 0 Å². The van der Waals surface area contributed by atoms with Crippen LogP contribution >= 0.6 is 0 Å². The molecule has 5 heteroatoms. The summed E-state index contributed by atoms with van der Waals surface area (Å²) in [5.41, 5.74) is 0.775. The van der Waals surface area contributed by atoms with Gasteiger partial charge in [-0.15, -0.1) is 0 Å². The summed E-state index contributed by atoms with van der Waals surface area (Å²) in [6.07, 6.45) is 5.94. The molecule has 1 atom stereocenters. The van der Waals surface area contributed by atoms with Crippen molar-refractivity contribution in [1.29, 1.82) is 0 Å². The minimum atomic E-state index is 0.562. The molecule has 2 aromatic rings. The van der Waals surface area contributed by atoms with Gasteiger partial charge in [0.05, 0.1) is 11.6 Å². The van der Waals surface area contributed by atoms with Crippen molar-refractivity contribution < 1.29 is 4.52 Å². The first-order valence-electron chi connectivity index (χ1n) is 5.59. The van der Waals surface area contributed by atoms with E-state index in [4.69, 9.17) is 4.52 Å². The molecule has 3 heterocycles. The van der Waals surface area contributed by atoms with Crippen LogP contribution in [0.4, 0.5) is 5.82 Å². The Labute approximate surface area is 93.2 Å². The second-order valence-corrected chi connectivity index (χ2v) is 4.11. The molecule has 0 aliphatic carbocycles. The lowest BCUT2D eigenvalue weighted by Crippen LogP contribution is -2.29. The van der Waals surface area contributed by atoms with Gasteiger partial charge in [0.15, 0.2) is 5.58 Å². The smallest absolute Gasteiger partial charge is 0.172 e. The van der Waals surface area contributed by atoms with E-state index >= 15 is 0 Å². The van der Waals surface area contributed by atoms with Crippen LogP contribution in [0.15, 0.2) is 23.0 Å². The average molecular weight is 218 g/mol. The molecule has 5 nitrogen and oxygen atoms in total. The molecular weight excluding hydrogens is 204 g/mol. The molecule has 1 unspecified atom stereocenters. The minimum absolute atomic E-state index is 0.562. The first kappa shape index (κ1) is 9.59. The Kier molecular flexibility index (Phi) is 2.46. The number of hydrogen-bond donors (Lipinski definition) is 2. The third-order valence-electron chi connectivity index (χ3n) is 2.93. The Morgan fingerprint density at radius 1 is 1.50 bits per heavy atom. The van der Waals surface area contributed by atoms with Crippen LogP contribution in [0, 0.1) is 0 Å². The summed E-state index contributed by atoms with van der Waals surface area (Å²) in [5.74, 6) is 0.845. The minimum Gasteiger partial charge on any atom is -0.368 e. The summed E-state index contributed by atoms with van der Waals surface area (Å²) < 4.78 is 5.08. The molecule has 3 rings (SSSR count). The van der Waals surface area contributed by atoms with E-state index in [1.165, 1.54) is 12.8 Å². The maximum absolute atomic E-state index is 5.08. The number of anilines is 1. The van der Waals surface area contributed by atoms with Crippen molar-refractivity contribution in [3.8, 4) is 0 Å². The first-order valence-corrected chi connectivity index (χ1v) is 5.59. The Bertz CT molecular complexity index is 476. The predicted molar refractivity (Wildman–Crippen MR) is 61.3 cm³/mol. The maximum atomic E-state index is 5.08. The zero-order chi connectivity index (χ0) is 10.8. The van der Waals surface area contributed by atoms with E-state index in [9.17, 15) is 0 Å². The highest BCUT2D eigenvalue weighted by atomic mass is 16.5. The molecule has 0 amide bonds. The maximum Gasteiger partial charge on any atom is 0.172 e. The monoisotopic (exact) mass is 218 g/mol.